The predicted octanol–water partition coefficient (Wildman–Crippen LogP) is 4.56. The third-order valence-corrected chi connectivity index (χ3v) is 2.05. The number of rotatable bonds is 1. The number of allylic oxidation sites excluding steroid dienone is 4. The first-order valence-corrected chi connectivity index (χ1v) is 6.76. The Balaban J connectivity index is -0.000000368. The van der Waals surface area contributed by atoms with E-state index in [1.54, 1.807) is 0 Å². The zero-order valence-electron chi connectivity index (χ0n) is 14.0. The summed E-state index contributed by atoms with van der Waals surface area (Å²) in [6.45, 7) is 15.1. The molecule has 0 aromatic heterocycles. The van der Waals surface area contributed by atoms with Gasteiger partial charge in [-0.1, -0.05) is 54.6 Å². The molecular formula is C20H20MnNO2. The van der Waals surface area contributed by atoms with Crippen molar-refractivity contribution in [1.29, 1.82) is 0 Å². The Kier molecular flexibility index (Phi) is 21.2. The van der Waals surface area contributed by atoms with Crippen LogP contribution < -0.4 is 0 Å². The zero-order valence-corrected chi connectivity index (χ0v) is 15.2. The summed E-state index contributed by atoms with van der Waals surface area (Å²) in [6.07, 6.45) is 11.9. The van der Waals surface area contributed by atoms with Gasteiger partial charge in [0.25, 0.3) is 0 Å². The van der Waals surface area contributed by atoms with Gasteiger partial charge in [-0.05, 0) is 38.1 Å². The molecule has 4 heteroatoms. The Labute approximate surface area is 155 Å². The van der Waals surface area contributed by atoms with Crippen molar-refractivity contribution in [1.82, 2.24) is 0 Å². The smallest absolute Gasteiger partial charge is 0.00506 e. The second-order valence-electron chi connectivity index (χ2n) is 5.06. The number of nitrogens with zero attached hydrogens (tertiary/aromatic N) is 1. The molecule has 2 radical (unpaired) electrons. The van der Waals surface area contributed by atoms with Gasteiger partial charge in [-0.25, -0.2) is 4.99 Å². The summed E-state index contributed by atoms with van der Waals surface area (Å²) >= 11 is 0. The average Bonchev–Trinajstić information content (AvgIpc) is 3.15. The van der Waals surface area contributed by atoms with E-state index in [4.69, 9.17) is 9.30 Å². The van der Waals surface area contributed by atoms with Crippen LogP contribution in [0.15, 0.2) is 65.4 Å². The Hall–Kier alpha value is -2.07. The van der Waals surface area contributed by atoms with Crippen molar-refractivity contribution in [3.05, 3.63) is 85.7 Å². The molecule has 1 aromatic rings. The summed E-state index contributed by atoms with van der Waals surface area (Å²) < 4.78 is 15.0. The molecule has 24 heavy (non-hydrogen) atoms. The van der Waals surface area contributed by atoms with E-state index in [1.165, 1.54) is 0 Å². The number of hydrogen-bond donors (Lipinski definition) is 0. The molecule has 0 amide bonds. The van der Waals surface area contributed by atoms with Crippen LogP contribution in [-0.2, 0) is 26.4 Å². The van der Waals surface area contributed by atoms with Gasteiger partial charge >= 0.3 is 22.6 Å². The minimum absolute atomic E-state index is 0. The molecule has 0 saturated carbocycles. The van der Waals surface area contributed by atoms with Crippen molar-refractivity contribution in [3.63, 3.8) is 0 Å². The Morgan fingerprint density at radius 3 is 1.79 bits per heavy atom. The maximum atomic E-state index is 7.50. The van der Waals surface area contributed by atoms with E-state index in [-0.39, 0.29) is 22.6 Å². The van der Waals surface area contributed by atoms with Gasteiger partial charge in [0.15, 0.2) is 0 Å². The second kappa shape index (κ2) is 19.0. The largest absolute Gasteiger partial charge is 0.0767 e. The first-order chi connectivity index (χ1) is 11.1. The van der Waals surface area contributed by atoms with Crippen LogP contribution in [0.25, 0.3) is 6.08 Å². The third kappa shape index (κ3) is 19.9. The van der Waals surface area contributed by atoms with Crippen LogP contribution in [0.2, 0.25) is 0 Å². The van der Waals surface area contributed by atoms with Crippen molar-refractivity contribution in [2.24, 2.45) is 4.99 Å². The Bertz CT molecular complexity index is 591. The van der Waals surface area contributed by atoms with Crippen LogP contribution in [0.3, 0.4) is 0 Å². The average molecular weight is 361 g/mol. The standard InChI is InChI=1S/C13H15N.C5H5.2CO.Mn/c1-13(2,3)14-11-7-10-12-8-5-4-6-9-12;1-2-4-5-3-1;2*1-2;/h4-6,8-10H,1-3H3;1-5H;;;. The topological polar surface area (TPSA) is 52.2 Å². The summed E-state index contributed by atoms with van der Waals surface area (Å²) in [5.74, 6) is 2.79. The minimum Gasteiger partial charge on any atom is -0.0767 e. The van der Waals surface area contributed by atoms with Gasteiger partial charge < -0.3 is 0 Å². The quantitative estimate of drug-likeness (QED) is 0.231. The first kappa shape index (κ1) is 26.8. The van der Waals surface area contributed by atoms with Gasteiger partial charge in [0.1, 0.15) is 0 Å². The van der Waals surface area contributed by atoms with Crippen LogP contribution in [0.5, 0.6) is 0 Å². The third-order valence-electron chi connectivity index (χ3n) is 2.05. The molecule has 0 bridgehead atoms. The summed E-state index contributed by atoms with van der Waals surface area (Å²) in [7, 11) is 0. The Morgan fingerprint density at radius 1 is 0.917 bits per heavy atom. The Morgan fingerprint density at radius 2 is 1.42 bits per heavy atom. The van der Waals surface area contributed by atoms with Crippen LogP contribution in [0, 0.1) is 19.7 Å². The van der Waals surface area contributed by atoms with E-state index >= 15 is 0 Å². The molecule has 1 aliphatic rings. The summed E-state index contributed by atoms with van der Waals surface area (Å²) in [5, 5.41) is 0. The van der Waals surface area contributed by atoms with E-state index in [9.17, 15) is 0 Å². The molecule has 0 aliphatic heterocycles. The van der Waals surface area contributed by atoms with Gasteiger partial charge in [-0.3, -0.25) is 0 Å². The summed E-state index contributed by atoms with van der Waals surface area (Å²) in [4.78, 5) is 4.18. The molecule has 0 atom stereocenters. The fourth-order valence-corrected chi connectivity index (χ4v) is 1.19. The monoisotopic (exact) mass is 361 g/mol. The van der Waals surface area contributed by atoms with Crippen LogP contribution in [0.1, 0.15) is 26.3 Å². The molecule has 3 nitrogen and oxygen atoms in total. The van der Waals surface area contributed by atoms with Crippen molar-refractivity contribution in [3.8, 4) is 0 Å². The SMILES string of the molecule is CC(C)(C)N=C=C=Cc1ccccc1.[C-]#[O+].[C-]#[O+].[CH]1C=CC=C1.[Mn]. The molecule has 0 unspecified atom stereocenters. The molecule has 0 N–H and O–H groups in total. The summed E-state index contributed by atoms with van der Waals surface area (Å²) in [5.41, 5.74) is 3.96. The van der Waals surface area contributed by atoms with E-state index in [0.717, 1.165) is 5.56 Å². The predicted molar refractivity (Wildman–Crippen MR) is 92.0 cm³/mol. The maximum absolute atomic E-state index is 7.50. The van der Waals surface area contributed by atoms with E-state index in [1.807, 2.05) is 87.9 Å². The molecule has 0 fully saturated rings. The van der Waals surface area contributed by atoms with Crippen molar-refractivity contribution in [2.75, 3.05) is 0 Å². The zero-order chi connectivity index (χ0) is 18.0. The van der Waals surface area contributed by atoms with E-state index < -0.39 is 0 Å². The normalized spacial score (nSPS) is 9.62. The molecular weight excluding hydrogens is 341 g/mol. The van der Waals surface area contributed by atoms with Crippen LogP contribution in [-0.4, -0.2) is 11.4 Å². The molecule has 1 aromatic carbocycles. The molecule has 0 spiro atoms. The van der Waals surface area contributed by atoms with Crippen molar-refractivity contribution >= 4 is 11.9 Å². The molecule has 124 valence electrons. The molecule has 2 rings (SSSR count). The first-order valence-electron chi connectivity index (χ1n) is 6.76. The van der Waals surface area contributed by atoms with E-state index in [0.29, 0.717) is 0 Å². The minimum atomic E-state index is -0.0719. The fraction of sp³-hybridized carbons (Fsp3) is 0.200. The van der Waals surface area contributed by atoms with Gasteiger partial charge in [0, 0.05) is 29.4 Å². The van der Waals surface area contributed by atoms with Crippen LogP contribution in [0.4, 0.5) is 0 Å². The molecule has 0 heterocycles. The fourth-order valence-electron chi connectivity index (χ4n) is 1.19. The maximum Gasteiger partial charge on any atom is 0.00506 e. The molecule has 0 saturated heterocycles. The van der Waals surface area contributed by atoms with E-state index in [2.05, 4.69) is 29.9 Å². The van der Waals surface area contributed by atoms with Crippen molar-refractivity contribution in [2.45, 2.75) is 26.3 Å². The number of benzene rings is 1. The van der Waals surface area contributed by atoms with Gasteiger partial charge in [0.2, 0.25) is 0 Å². The number of hydrogen-bond acceptors (Lipinski definition) is 1. The molecule has 1 aliphatic carbocycles. The van der Waals surface area contributed by atoms with Crippen LogP contribution >= 0.6 is 0 Å². The second-order valence-corrected chi connectivity index (χ2v) is 5.06. The summed E-state index contributed by atoms with van der Waals surface area (Å²) in [6, 6.07) is 10.0. The van der Waals surface area contributed by atoms with Crippen molar-refractivity contribution < 1.29 is 26.4 Å². The van der Waals surface area contributed by atoms with Gasteiger partial charge in [-0.2, -0.15) is 0 Å². The van der Waals surface area contributed by atoms with Gasteiger partial charge in [-0.15, -0.1) is 0 Å². The van der Waals surface area contributed by atoms with Gasteiger partial charge in [0.05, 0.1) is 5.54 Å². The number of aliphatic imine (C=N–C) groups is 1.